The molecule has 1 saturated heterocycles. The van der Waals surface area contributed by atoms with E-state index < -0.39 is 0 Å². The van der Waals surface area contributed by atoms with Crippen LogP contribution < -0.4 is 15.8 Å². The van der Waals surface area contributed by atoms with E-state index in [4.69, 9.17) is 10.5 Å². The SMILES string of the molecule is CCOc1ccccc1C(=O)N1CCNCC1CN. The van der Waals surface area contributed by atoms with Gasteiger partial charge in [-0.2, -0.15) is 0 Å². The van der Waals surface area contributed by atoms with Crippen molar-refractivity contribution in [2.24, 2.45) is 5.73 Å². The number of hydrogen-bond acceptors (Lipinski definition) is 4. The predicted molar refractivity (Wildman–Crippen MR) is 74.4 cm³/mol. The van der Waals surface area contributed by atoms with Gasteiger partial charge in [-0.15, -0.1) is 0 Å². The maximum atomic E-state index is 12.6. The van der Waals surface area contributed by atoms with Gasteiger partial charge in [-0.3, -0.25) is 4.79 Å². The van der Waals surface area contributed by atoms with Gasteiger partial charge in [0, 0.05) is 26.2 Å². The van der Waals surface area contributed by atoms with E-state index in [2.05, 4.69) is 5.32 Å². The third-order valence-corrected chi connectivity index (χ3v) is 3.30. The highest BCUT2D eigenvalue weighted by Gasteiger charge is 2.27. The zero-order valence-corrected chi connectivity index (χ0v) is 11.3. The number of hydrogen-bond donors (Lipinski definition) is 2. The first-order valence-electron chi connectivity index (χ1n) is 6.71. The molecule has 1 aromatic rings. The number of nitrogens with one attached hydrogen (secondary N) is 1. The van der Waals surface area contributed by atoms with Gasteiger partial charge in [0.2, 0.25) is 0 Å². The van der Waals surface area contributed by atoms with Crippen LogP contribution in [0.4, 0.5) is 0 Å². The van der Waals surface area contributed by atoms with Gasteiger partial charge in [0.1, 0.15) is 5.75 Å². The number of amides is 1. The molecule has 1 atom stereocenters. The van der Waals surface area contributed by atoms with E-state index in [1.807, 2.05) is 36.1 Å². The summed E-state index contributed by atoms with van der Waals surface area (Å²) in [7, 11) is 0. The van der Waals surface area contributed by atoms with Crippen LogP contribution in [-0.2, 0) is 0 Å². The van der Waals surface area contributed by atoms with Crippen LogP contribution in [0, 0.1) is 0 Å². The lowest BCUT2D eigenvalue weighted by Gasteiger charge is -2.35. The second kappa shape index (κ2) is 6.54. The molecule has 0 aliphatic carbocycles. The minimum absolute atomic E-state index is 0.000926. The van der Waals surface area contributed by atoms with Gasteiger partial charge >= 0.3 is 0 Å². The third kappa shape index (κ3) is 3.05. The Hall–Kier alpha value is -1.59. The van der Waals surface area contributed by atoms with Crippen LogP contribution in [0.2, 0.25) is 0 Å². The molecule has 1 aliphatic rings. The van der Waals surface area contributed by atoms with E-state index in [1.165, 1.54) is 0 Å². The number of rotatable bonds is 4. The number of benzene rings is 1. The second-order valence-electron chi connectivity index (χ2n) is 4.52. The van der Waals surface area contributed by atoms with E-state index >= 15 is 0 Å². The molecule has 1 fully saturated rings. The summed E-state index contributed by atoms with van der Waals surface area (Å²) in [4.78, 5) is 14.5. The van der Waals surface area contributed by atoms with Gasteiger partial charge in [0.15, 0.2) is 0 Å². The van der Waals surface area contributed by atoms with Crippen molar-refractivity contribution in [3.8, 4) is 5.75 Å². The Morgan fingerprint density at radius 1 is 1.53 bits per heavy atom. The highest BCUT2D eigenvalue weighted by atomic mass is 16.5. The number of carbonyl (C=O) groups is 1. The summed E-state index contributed by atoms with van der Waals surface area (Å²) in [5, 5.41) is 3.26. The average molecular weight is 263 g/mol. The Balaban J connectivity index is 2.22. The fourth-order valence-electron chi connectivity index (χ4n) is 2.32. The van der Waals surface area contributed by atoms with Crippen molar-refractivity contribution in [2.45, 2.75) is 13.0 Å². The third-order valence-electron chi connectivity index (χ3n) is 3.30. The van der Waals surface area contributed by atoms with Crippen molar-refractivity contribution in [3.63, 3.8) is 0 Å². The van der Waals surface area contributed by atoms with Crippen molar-refractivity contribution in [1.82, 2.24) is 10.2 Å². The maximum Gasteiger partial charge on any atom is 0.258 e. The molecule has 0 bridgehead atoms. The van der Waals surface area contributed by atoms with E-state index in [0.29, 0.717) is 31.0 Å². The number of nitrogens with two attached hydrogens (primary N) is 1. The van der Waals surface area contributed by atoms with Crippen LogP contribution in [0.25, 0.3) is 0 Å². The molecule has 3 N–H and O–H groups in total. The van der Waals surface area contributed by atoms with Gasteiger partial charge in [-0.05, 0) is 19.1 Å². The van der Waals surface area contributed by atoms with Crippen molar-refractivity contribution in [1.29, 1.82) is 0 Å². The smallest absolute Gasteiger partial charge is 0.258 e. The Bertz CT molecular complexity index is 436. The molecule has 1 aromatic carbocycles. The normalized spacial score (nSPS) is 19.3. The Kier molecular flexibility index (Phi) is 4.76. The topological polar surface area (TPSA) is 67.6 Å². The Morgan fingerprint density at radius 2 is 2.32 bits per heavy atom. The molecule has 1 amide bonds. The minimum Gasteiger partial charge on any atom is -0.493 e. The van der Waals surface area contributed by atoms with Gasteiger partial charge in [0.05, 0.1) is 18.2 Å². The van der Waals surface area contributed by atoms with Gasteiger partial charge in [0.25, 0.3) is 5.91 Å². The summed E-state index contributed by atoms with van der Waals surface area (Å²) in [6.07, 6.45) is 0. The van der Waals surface area contributed by atoms with Crippen LogP contribution in [0.15, 0.2) is 24.3 Å². The summed E-state index contributed by atoms with van der Waals surface area (Å²) in [5.41, 5.74) is 6.36. The summed E-state index contributed by atoms with van der Waals surface area (Å²) in [6.45, 7) is 5.16. The maximum absolute atomic E-state index is 12.6. The van der Waals surface area contributed by atoms with Crippen LogP contribution in [0.3, 0.4) is 0 Å². The second-order valence-corrected chi connectivity index (χ2v) is 4.52. The fraction of sp³-hybridized carbons (Fsp3) is 0.500. The summed E-state index contributed by atoms with van der Waals surface area (Å²) in [5.74, 6) is 0.644. The average Bonchev–Trinajstić information content (AvgIpc) is 2.47. The number of para-hydroxylation sites is 1. The minimum atomic E-state index is 0.000926. The molecule has 104 valence electrons. The summed E-state index contributed by atoms with van der Waals surface area (Å²) in [6, 6.07) is 7.42. The molecule has 0 radical (unpaired) electrons. The monoisotopic (exact) mass is 263 g/mol. The number of piperazine rings is 1. The van der Waals surface area contributed by atoms with Gasteiger partial charge in [-0.1, -0.05) is 12.1 Å². The molecule has 5 heteroatoms. The van der Waals surface area contributed by atoms with Crippen molar-refractivity contribution < 1.29 is 9.53 Å². The molecule has 2 rings (SSSR count). The van der Waals surface area contributed by atoms with E-state index in [1.54, 1.807) is 0 Å². The number of carbonyl (C=O) groups excluding carboxylic acids is 1. The Labute approximate surface area is 113 Å². The molecule has 1 aliphatic heterocycles. The van der Waals surface area contributed by atoms with Crippen molar-refractivity contribution in [2.75, 3.05) is 32.8 Å². The summed E-state index contributed by atoms with van der Waals surface area (Å²) < 4.78 is 5.52. The highest BCUT2D eigenvalue weighted by molar-refractivity contribution is 5.97. The van der Waals surface area contributed by atoms with E-state index in [9.17, 15) is 4.79 Å². The molecule has 0 aromatic heterocycles. The number of ether oxygens (including phenoxy) is 1. The lowest BCUT2D eigenvalue weighted by Crippen LogP contribution is -2.56. The van der Waals surface area contributed by atoms with E-state index in [-0.39, 0.29) is 11.9 Å². The molecule has 0 spiro atoms. The first kappa shape index (κ1) is 13.8. The Morgan fingerprint density at radius 3 is 3.05 bits per heavy atom. The first-order valence-corrected chi connectivity index (χ1v) is 6.71. The van der Waals surface area contributed by atoms with Crippen LogP contribution in [0.1, 0.15) is 17.3 Å². The van der Waals surface area contributed by atoms with Gasteiger partial charge in [-0.25, -0.2) is 0 Å². The van der Waals surface area contributed by atoms with Crippen molar-refractivity contribution >= 4 is 5.91 Å². The summed E-state index contributed by atoms with van der Waals surface area (Å²) >= 11 is 0. The zero-order valence-electron chi connectivity index (χ0n) is 11.3. The van der Waals surface area contributed by atoms with Crippen LogP contribution in [0.5, 0.6) is 5.75 Å². The molecule has 1 unspecified atom stereocenters. The standard InChI is InChI=1S/C14H21N3O2/c1-2-19-13-6-4-3-5-12(13)14(18)17-8-7-16-10-11(17)9-15/h3-6,11,16H,2,7-10,15H2,1H3. The highest BCUT2D eigenvalue weighted by Crippen LogP contribution is 2.21. The zero-order chi connectivity index (χ0) is 13.7. The van der Waals surface area contributed by atoms with Crippen LogP contribution in [-0.4, -0.2) is 49.6 Å². The predicted octanol–water partition coefficient (Wildman–Crippen LogP) is 0.458. The lowest BCUT2D eigenvalue weighted by molar-refractivity contribution is 0.0640. The largest absolute Gasteiger partial charge is 0.493 e. The molecule has 5 nitrogen and oxygen atoms in total. The molecular weight excluding hydrogens is 242 g/mol. The first-order chi connectivity index (χ1) is 9.27. The molecule has 0 saturated carbocycles. The molecular formula is C14H21N3O2. The van der Waals surface area contributed by atoms with E-state index in [0.717, 1.165) is 13.1 Å². The molecule has 1 heterocycles. The van der Waals surface area contributed by atoms with Crippen molar-refractivity contribution in [3.05, 3.63) is 29.8 Å². The van der Waals surface area contributed by atoms with Gasteiger partial charge < -0.3 is 20.7 Å². The molecule has 19 heavy (non-hydrogen) atoms. The quantitative estimate of drug-likeness (QED) is 0.828. The fourth-order valence-corrected chi connectivity index (χ4v) is 2.32. The lowest BCUT2D eigenvalue weighted by atomic mass is 10.1. The number of nitrogens with zero attached hydrogens (tertiary/aromatic N) is 1. The van der Waals surface area contributed by atoms with Crippen LogP contribution >= 0.6 is 0 Å².